The van der Waals surface area contributed by atoms with Gasteiger partial charge in [-0.2, -0.15) is 0 Å². The molecule has 0 aromatic rings. The van der Waals surface area contributed by atoms with Crippen LogP contribution in [0.2, 0.25) is 0 Å². The van der Waals surface area contributed by atoms with Gasteiger partial charge in [-0.1, -0.05) is 13.8 Å². The summed E-state index contributed by atoms with van der Waals surface area (Å²) in [4.78, 5) is 13.7. The number of amides is 1. The zero-order chi connectivity index (χ0) is 11.6. The van der Waals surface area contributed by atoms with E-state index in [1.807, 2.05) is 27.8 Å². The number of nitrogens with two attached hydrogens (primary N) is 1. The largest absolute Gasteiger partial charge is 0.376 e. The molecule has 0 saturated carbocycles. The molecular weight excluding hydrogens is 192 g/mol. The molecule has 1 saturated heterocycles. The first-order valence-corrected chi connectivity index (χ1v) is 5.59. The molecule has 0 bridgehead atoms. The molecule has 88 valence electrons. The van der Waals surface area contributed by atoms with Crippen molar-refractivity contribution >= 4 is 5.91 Å². The third-order valence-electron chi connectivity index (χ3n) is 3.18. The highest BCUT2D eigenvalue weighted by Crippen LogP contribution is 2.19. The van der Waals surface area contributed by atoms with E-state index in [0.717, 1.165) is 13.0 Å². The summed E-state index contributed by atoms with van der Waals surface area (Å²) >= 11 is 0. The molecule has 0 radical (unpaired) electrons. The second-order valence-electron chi connectivity index (χ2n) is 4.65. The number of hydrogen-bond acceptors (Lipinski definition) is 3. The third-order valence-corrected chi connectivity index (χ3v) is 3.18. The van der Waals surface area contributed by atoms with Gasteiger partial charge in [0.25, 0.3) is 0 Å². The maximum Gasteiger partial charge on any atom is 0.239 e. The maximum absolute atomic E-state index is 12.0. The first kappa shape index (κ1) is 12.5. The average Bonchev–Trinajstić information content (AvgIpc) is 2.60. The highest BCUT2D eigenvalue weighted by Gasteiger charge is 2.33. The fourth-order valence-corrected chi connectivity index (χ4v) is 1.91. The van der Waals surface area contributed by atoms with Crippen LogP contribution in [0.4, 0.5) is 0 Å². The van der Waals surface area contributed by atoms with E-state index < -0.39 is 6.04 Å². The van der Waals surface area contributed by atoms with Gasteiger partial charge >= 0.3 is 0 Å². The molecule has 1 fully saturated rings. The van der Waals surface area contributed by atoms with Crippen LogP contribution in [-0.2, 0) is 9.53 Å². The van der Waals surface area contributed by atoms with Crippen molar-refractivity contribution in [2.24, 2.45) is 11.7 Å². The molecule has 0 aromatic carbocycles. The summed E-state index contributed by atoms with van der Waals surface area (Å²) in [6, 6.07) is -0.218. The lowest BCUT2D eigenvalue weighted by molar-refractivity contribution is -0.135. The summed E-state index contributed by atoms with van der Waals surface area (Å²) < 4.78 is 5.44. The van der Waals surface area contributed by atoms with Crippen molar-refractivity contribution in [2.45, 2.75) is 45.4 Å². The topological polar surface area (TPSA) is 55.6 Å². The minimum atomic E-state index is -0.400. The van der Waals surface area contributed by atoms with Crippen molar-refractivity contribution in [3.8, 4) is 0 Å². The zero-order valence-corrected chi connectivity index (χ0v) is 10.1. The number of carbonyl (C=O) groups excluding carboxylic acids is 1. The molecule has 1 amide bonds. The fourth-order valence-electron chi connectivity index (χ4n) is 1.91. The van der Waals surface area contributed by atoms with E-state index >= 15 is 0 Å². The highest BCUT2D eigenvalue weighted by molar-refractivity contribution is 5.82. The highest BCUT2D eigenvalue weighted by atomic mass is 16.5. The molecule has 1 rings (SSSR count). The standard InChI is InChI=1S/C11H22N2O2/c1-7(2)10(12)11(14)13(4)9-5-6-15-8(9)3/h7-10H,5-6,12H2,1-4H3/t8?,9?,10-/m0/s1. The van der Waals surface area contributed by atoms with E-state index in [-0.39, 0.29) is 24.0 Å². The van der Waals surface area contributed by atoms with E-state index in [4.69, 9.17) is 10.5 Å². The summed E-state index contributed by atoms with van der Waals surface area (Å²) in [6.07, 6.45) is 1.03. The van der Waals surface area contributed by atoms with E-state index in [2.05, 4.69) is 0 Å². The summed E-state index contributed by atoms with van der Waals surface area (Å²) in [7, 11) is 1.82. The Morgan fingerprint density at radius 2 is 2.13 bits per heavy atom. The minimum Gasteiger partial charge on any atom is -0.376 e. The third kappa shape index (κ3) is 2.69. The number of nitrogens with zero attached hydrogens (tertiary/aromatic N) is 1. The van der Waals surface area contributed by atoms with Gasteiger partial charge < -0.3 is 15.4 Å². The van der Waals surface area contributed by atoms with Gasteiger partial charge in [-0.15, -0.1) is 0 Å². The number of ether oxygens (including phenoxy) is 1. The van der Waals surface area contributed by atoms with Gasteiger partial charge in [0.1, 0.15) is 0 Å². The van der Waals surface area contributed by atoms with Crippen LogP contribution < -0.4 is 5.73 Å². The molecular formula is C11H22N2O2. The number of likely N-dealkylation sites (N-methyl/N-ethyl adjacent to an activating group) is 1. The monoisotopic (exact) mass is 214 g/mol. The fraction of sp³-hybridized carbons (Fsp3) is 0.909. The predicted molar refractivity (Wildman–Crippen MR) is 59.4 cm³/mol. The van der Waals surface area contributed by atoms with E-state index in [1.54, 1.807) is 4.90 Å². The molecule has 1 aliphatic rings. The second-order valence-corrected chi connectivity index (χ2v) is 4.65. The van der Waals surface area contributed by atoms with Crippen LogP contribution in [0.1, 0.15) is 27.2 Å². The first-order valence-electron chi connectivity index (χ1n) is 5.59. The van der Waals surface area contributed by atoms with Gasteiger partial charge in [-0.05, 0) is 19.3 Å². The number of hydrogen-bond donors (Lipinski definition) is 1. The Labute approximate surface area is 91.8 Å². The van der Waals surface area contributed by atoms with Crippen LogP contribution in [0.15, 0.2) is 0 Å². The van der Waals surface area contributed by atoms with E-state index in [0.29, 0.717) is 0 Å². The number of rotatable bonds is 3. The lowest BCUT2D eigenvalue weighted by Crippen LogP contribution is -2.50. The lowest BCUT2D eigenvalue weighted by atomic mass is 10.0. The minimum absolute atomic E-state index is 0.0207. The zero-order valence-electron chi connectivity index (χ0n) is 10.1. The Morgan fingerprint density at radius 1 is 1.53 bits per heavy atom. The Bertz CT molecular complexity index is 231. The van der Waals surface area contributed by atoms with Gasteiger partial charge in [0.15, 0.2) is 0 Å². The molecule has 0 aliphatic carbocycles. The smallest absolute Gasteiger partial charge is 0.239 e. The lowest BCUT2D eigenvalue weighted by Gasteiger charge is -2.30. The Kier molecular flexibility index (Phi) is 4.11. The predicted octanol–water partition coefficient (Wildman–Crippen LogP) is 0.605. The molecule has 2 N–H and O–H groups in total. The van der Waals surface area contributed by atoms with Gasteiger partial charge in [-0.25, -0.2) is 0 Å². The van der Waals surface area contributed by atoms with Crippen molar-refractivity contribution in [2.75, 3.05) is 13.7 Å². The van der Waals surface area contributed by atoms with Crippen LogP contribution >= 0.6 is 0 Å². The second kappa shape index (κ2) is 4.94. The molecule has 4 nitrogen and oxygen atoms in total. The quantitative estimate of drug-likeness (QED) is 0.748. The van der Waals surface area contributed by atoms with Crippen LogP contribution in [-0.4, -0.2) is 42.6 Å². The van der Waals surface area contributed by atoms with Crippen molar-refractivity contribution in [1.29, 1.82) is 0 Å². The van der Waals surface area contributed by atoms with Crippen LogP contribution in [0.3, 0.4) is 0 Å². The van der Waals surface area contributed by atoms with Crippen molar-refractivity contribution < 1.29 is 9.53 Å². The number of carbonyl (C=O) groups is 1. The van der Waals surface area contributed by atoms with Gasteiger partial charge in [0, 0.05) is 13.7 Å². The molecule has 1 aliphatic heterocycles. The molecule has 0 aromatic heterocycles. The average molecular weight is 214 g/mol. The SMILES string of the molecule is CC1OCCC1N(C)C(=O)[C@@H](N)C(C)C. The van der Waals surface area contributed by atoms with E-state index in [1.165, 1.54) is 0 Å². The Balaban J connectivity index is 2.59. The van der Waals surface area contributed by atoms with Gasteiger partial charge in [0.2, 0.25) is 5.91 Å². The van der Waals surface area contributed by atoms with Crippen molar-refractivity contribution in [1.82, 2.24) is 4.90 Å². The summed E-state index contributed by atoms with van der Waals surface area (Å²) in [5.41, 5.74) is 5.84. The summed E-state index contributed by atoms with van der Waals surface area (Å²) in [6.45, 7) is 6.67. The molecule has 1 heterocycles. The Morgan fingerprint density at radius 3 is 2.53 bits per heavy atom. The molecule has 0 spiro atoms. The summed E-state index contributed by atoms with van der Waals surface area (Å²) in [5.74, 6) is 0.199. The summed E-state index contributed by atoms with van der Waals surface area (Å²) in [5, 5.41) is 0. The van der Waals surface area contributed by atoms with Crippen LogP contribution in [0.25, 0.3) is 0 Å². The van der Waals surface area contributed by atoms with Crippen molar-refractivity contribution in [3.05, 3.63) is 0 Å². The van der Waals surface area contributed by atoms with Gasteiger partial charge in [0.05, 0.1) is 18.2 Å². The van der Waals surface area contributed by atoms with Crippen molar-refractivity contribution in [3.63, 3.8) is 0 Å². The molecule has 15 heavy (non-hydrogen) atoms. The van der Waals surface area contributed by atoms with Crippen LogP contribution in [0.5, 0.6) is 0 Å². The molecule has 3 atom stereocenters. The maximum atomic E-state index is 12.0. The Hall–Kier alpha value is -0.610. The normalized spacial score (nSPS) is 28.1. The van der Waals surface area contributed by atoms with Gasteiger partial charge in [-0.3, -0.25) is 4.79 Å². The first-order chi connectivity index (χ1) is 6.95. The molecule has 4 heteroatoms. The van der Waals surface area contributed by atoms with E-state index in [9.17, 15) is 4.79 Å². The molecule has 2 unspecified atom stereocenters. The van der Waals surface area contributed by atoms with Crippen LogP contribution in [0, 0.1) is 5.92 Å².